The van der Waals surface area contributed by atoms with Gasteiger partial charge in [0.1, 0.15) is 6.04 Å². The summed E-state index contributed by atoms with van der Waals surface area (Å²) in [6.07, 6.45) is 2.84. The number of hydrogen-bond acceptors (Lipinski definition) is 5. The van der Waals surface area contributed by atoms with Gasteiger partial charge < -0.3 is 10.0 Å². The first kappa shape index (κ1) is 14.5. The second kappa shape index (κ2) is 5.62. The minimum atomic E-state index is -0.997. The van der Waals surface area contributed by atoms with Crippen molar-refractivity contribution in [1.82, 2.24) is 4.98 Å². The number of carbonyl (C=O) groups is 1. The zero-order valence-corrected chi connectivity index (χ0v) is 11.6. The van der Waals surface area contributed by atoms with Crippen LogP contribution in [-0.4, -0.2) is 33.6 Å². The van der Waals surface area contributed by atoms with Crippen molar-refractivity contribution in [3.05, 3.63) is 27.4 Å². The molecule has 2 heterocycles. The van der Waals surface area contributed by atoms with Crippen LogP contribution in [0.2, 0.25) is 5.02 Å². The van der Waals surface area contributed by atoms with Gasteiger partial charge in [-0.3, -0.25) is 10.1 Å². The first-order valence-corrected chi connectivity index (χ1v) is 6.59. The number of aliphatic carboxylic acids is 1. The maximum absolute atomic E-state index is 11.4. The Labute approximate surface area is 120 Å². The topological polar surface area (TPSA) is 96.6 Å². The van der Waals surface area contributed by atoms with Crippen LogP contribution in [0.15, 0.2) is 12.3 Å². The fraction of sp³-hybridized carbons (Fsp3) is 0.500. The van der Waals surface area contributed by atoms with Crippen LogP contribution in [0.5, 0.6) is 0 Å². The Hall–Kier alpha value is -1.89. The predicted molar refractivity (Wildman–Crippen MR) is 73.1 cm³/mol. The van der Waals surface area contributed by atoms with Gasteiger partial charge >= 0.3 is 11.7 Å². The highest BCUT2D eigenvalue weighted by Crippen LogP contribution is 2.34. The molecule has 1 aromatic rings. The Morgan fingerprint density at radius 2 is 2.35 bits per heavy atom. The Morgan fingerprint density at radius 1 is 1.65 bits per heavy atom. The summed E-state index contributed by atoms with van der Waals surface area (Å²) in [5, 5.41) is 20.6. The third-order valence-electron chi connectivity index (χ3n) is 3.47. The number of nitro groups is 1. The van der Waals surface area contributed by atoms with Crippen LogP contribution in [-0.2, 0) is 4.79 Å². The van der Waals surface area contributed by atoms with E-state index in [1.54, 1.807) is 0 Å². The molecule has 1 fully saturated rings. The molecule has 20 heavy (non-hydrogen) atoms. The molecule has 2 unspecified atom stereocenters. The Morgan fingerprint density at radius 3 is 2.95 bits per heavy atom. The van der Waals surface area contributed by atoms with Crippen molar-refractivity contribution in [2.75, 3.05) is 11.4 Å². The number of aromatic nitrogens is 1. The third-order valence-corrected chi connectivity index (χ3v) is 3.68. The molecule has 0 spiro atoms. The van der Waals surface area contributed by atoms with Crippen LogP contribution < -0.4 is 4.90 Å². The summed E-state index contributed by atoms with van der Waals surface area (Å²) in [5.74, 6) is -1.03. The van der Waals surface area contributed by atoms with E-state index in [0.29, 0.717) is 6.54 Å². The zero-order chi connectivity index (χ0) is 14.9. The highest BCUT2D eigenvalue weighted by atomic mass is 35.5. The highest BCUT2D eigenvalue weighted by Gasteiger charge is 2.38. The molecular formula is C12H14ClN3O4. The quantitative estimate of drug-likeness (QED) is 0.679. The van der Waals surface area contributed by atoms with Crippen molar-refractivity contribution in [2.45, 2.75) is 25.8 Å². The van der Waals surface area contributed by atoms with E-state index in [4.69, 9.17) is 11.6 Å². The van der Waals surface area contributed by atoms with E-state index in [1.165, 1.54) is 17.2 Å². The van der Waals surface area contributed by atoms with E-state index in [1.807, 2.05) is 6.92 Å². The number of hydrogen-bond donors (Lipinski definition) is 1. The van der Waals surface area contributed by atoms with E-state index in [2.05, 4.69) is 4.98 Å². The van der Waals surface area contributed by atoms with Crippen molar-refractivity contribution < 1.29 is 14.8 Å². The lowest BCUT2D eigenvalue weighted by Gasteiger charge is -2.37. The number of piperidine rings is 1. The van der Waals surface area contributed by atoms with Gasteiger partial charge in [-0.05, 0) is 18.8 Å². The molecule has 1 saturated heterocycles. The van der Waals surface area contributed by atoms with Crippen LogP contribution in [0, 0.1) is 16.0 Å². The van der Waals surface area contributed by atoms with Crippen LogP contribution in [0.25, 0.3) is 0 Å². The van der Waals surface area contributed by atoms with Gasteiger partial charge in [-0.15, -0.1) is 0 Å². The average molecular weight is 300 g/mol. The molecule has 1 N–H and O–H groups in total. The van der Waals surface area contributed by atoms with Crippen LogP contribution in [0.3, 0.4) is 0 Å². The second-order valence-electron chi connectivity index (χ2n) is 4.85. The lowest BCUT2D eigenvalue weighted by Crippen LogP contribution is -2.50. The van der Waals surface area contributed by atoms with Crippen LogP contribution in [0.4, 0.5) is 11.5 Å². The normalized spacial score (nSPS) is 22.6. The lowest BCUT2D eigenvalue weighted by atomic mass is 9.90. The smallest absolute Gasteiger partial charge is 0.326 e. The second-order valence-corrected chi connectivity index (χ2v) is 5.29. The Kier molecular flexibility index (Phi) is 4.08. The van der Waals surface area contributed by atoms with Crippen molar-refractivity contribution in [1.29, 1.82) is 0 Å². The average Bonchev–Trinajstić information content (AvgIpc) is 2.37. The maximum Gasteiger partial charge on any atom is 0.326 e. The lowest BCUT2D eigenvalue weighted by molar-refractivity contribution is -0.384. The number of rotatable bonds is 3. The van der Waals surface area contributed by atoms with E-state index < -0.39 is 16.9 Å². The first-order valence-electron chi connectivity index (χ1n) is 6.21. The van der Waals surface area contributed by atoms with Crippen LogP contribution >= 0.6 is 11.6 Å². The van der Waals surface area contributed by atoms with Crippen molar-refractivity contribution in [3.8, 4) is 0 Å². The Balaban J connectivity index is 2.48. The number of anilines is 1. The number of carboxylic acid groups (broad SMARTS) is 1. The molecule has 8 heteroatoms. The van der Waals surface area contributed by atoms with Gasteiger partial charge in [0.25, 0.3) is 0 Å². The van der Waals surface area contributed by atoms with Gasteiger partial charge in [-0.25, -0.2) is 9.78 Å². The summed E-state index contributed by atoms with van der Waals surface area (Å²) >= 11 is 5.73. The molecule has 2 atom stereocenters. The molecule has 2 rings (SSSR count). The minimum Gasteiger partial charge on any atom is -0.480 e. The molecule has 0 radical (unpaired) electrons. The van der Waals surface area contributed by atoms with Gasteiger partial charge in [0.05, 0.1) is 9.95 Å². The molecular weight excluding hydrogens is 286 g/mol. The van der Waals surface area contributed by atoms with Crippen molar-refractivity contribution in [3.63, 3.8) is 0 Å². The minimum absolute atomic E-state index is 0.0679. The molecule has 0 aliphatic carbocycles. The van der Waals surface area contributed by atoms with Gasteiger partial charge in [0.2, 0.25) is 5.82 Å². The fourth-order valence-electron chi connectivity index (χ4n) is 2.58. The van der Waals surface area contributed by atoms with E-state index >= 15 is 0 Å². The molecule has 7 nitrogen and oxygen atoms in total. The Bertz CT molecular complexity index is 552. The molecule has 108 valence electrons. The van der Waals surface area contributed by atoms with Gasteiger partial charge in [0.15, 0.2) is 0 Å². The molecule has 0 bridgehead atoms. The highest BCUT2D eigenvalue weighted by molar-refractivity contribution is 6.30. The van der Waals surface area contributed by atoms with E-state index in [9.17, 15) is 20.0 Å². The predicted octanol–water partition coefficient (Wildman–Crippen LogP) is 2.33. The van der Waals surface area contributed by atoms with Crippen LogP contribution in [0.1, 0.15) is 19.8 Å². The summed E-state index contributed by atoms with van der Waals surface area (Å²) in [6.45, 7) is 2.25. The number of nitrogens with zero attached hydrogens (tertiary/aromatic N) is 3. The summed E-state index contributed by atoms with van der Waals surface area (Å²) < 4.78 is 0. The van der Waals surface area contributed by atoms with Gasteiger partial charge in [-0.1, -0.05) is 18.5 Å². The number of pyridine rings is 1. The fourth-order valence-corrected chi connectivity index (χ4v) is 2.73. The van der Waals surface area contributed by atoms with Gasteiger partial charge in [0, 0.05) is 18.8 Å². The number of carboxylic acids is 1. The number of halogens is 1. The monoisotopic (exact) mass is 299 g/mol. The molecule has 1 aliphatic rings. The molecule has 1 aliphatic heterocycles. The van der Waals surface area contributed by atoms with Gasteiger partial charge in [-0.2, -0.15) is 0 Å². The molecule has 0 amide bonds. The maximum atomic E-state index is 11.4. The molecule has 1 aromatic heterocycles. The van der Waals surface area contributed by atoms with Crippen molar-refractivity contribution in [2.24, 2.45) is 5.92 Å². The van der Waals surface area contributed by atoms with E-state index in [0.717, 1.165) is 12.8 Å². The zero-order valence-electron chi connectivity index (χ0n) is 10.8. The first-order chi connectivity index (χ1) is 9.41. The standard InChI is InChI=1S/C12H14ClN3O4/c1-7-3-2-4-15(10(7)12(17)18)11-9(16(19)20)5-8(13)6-14-11/h5-7,10H,2-4H2,1H3,(H,17,18). The summed E-state index contributed by atoms with van der Waals surface area (Å²) in [7, 11) is 0. The summed E-state index contributed by atoms with van der Waals surface area (Å²) in [4.78, 5) is 27.4. The molecule has 0 aromatic carbocycles. The summed E-state index contributed by atoms with van der Waals surface area (Å²) in [6, 6.07) is 0.387. The van der Waals surface area contributed by atoms with Crippen molar-refractivity contribution >= 4 is 29.1 Å². The SMILES string of the molecule is CC1CCCN(c2ncc(Cl)cc2[N+](=O)[O-])C1C(=O)O. The molecule has 0 saturated carbocycles. The van der Waals surface area contributed by atoms with E-state index in [-0.39, 0.29) is 22.4 Å². The third kappa shape index (κ3) is 2.67. The summed E-state index contributed by atoms with van der Waals surface area (Å²) in [5.41, 5.74) is -0.266. The largest absolute Gasteiger partial charge is 0.480 e.